The van der Waals surface area contributed by atoms with Crippen LogP contribution in [0.3, 0.4) is 0 Å². The van der Waals surface area contributed by atoms with E-state index in [0.717, 1.165) is 19.3 Å². The van der Waals surface area contributed by atoms with E-state index in [1.54, 1.807) is 12.1 Å². The topological polar surface area (TPSA) is 58.6 Å². The number of phenols is 1. The van der Waals surface area contributed by atoms with Crippen LogP contribution in [0.1, 0.15) is 36.5 Å². The molecule has 0 atom stereocenters. The Hall–Kier alpha value is -1.71. The summed E-state index contributed by atoms with van der Waals surface area (Å²) in [5.74, 6) is 0.256. The highest BCUT2D eigenvalue weighted by Crippen LogP contribution is 2.32. The van der Waals surface area contributed by atoms with Gasteiger partial charge >= 0.3 is 0 Å². The lowest BCUT2D eigenvalue weighted by Crippen LogP contribution is -2.50. The molecule has 4 heteroatoms. The number of ether oxygens (including phenoxy) is 1. The maximum absolute atomic E-state index is 12.0. The molecule has 1 fully saturated rings. The second kappa shape index (κ2) is 4.28. The van der Waals surface area contributed by atoms with Gasteiger partial charge in [-0.2, -0.15) is 0 Å². The summed E-state index contributed by atoms with van der Waals surface area (Å²) < 4.78 is 4.97. The molecule has 1 aromatic rings. The van der Waals surface area contributed by atoms with Crippen molar-refractivity contribution < 1.29 is 14.6 Å². The van der Waals surface area contributed by atoms with E-state index in [9.17, 15) is 9.90 Å². The van der Waals surface area contributed by atoms with Gasteiger partial charge in [-0.1, -0.05) is 0 Å². The first kappa shape index (κ1) is 11.8. The van der Waals surface area contributed by atoms with Crippen LogP contribution < -0.4 is 10.1 Å². The standard InChI is InChI=1S/C13H17NO3/c1-13(6-3-7-13)14-12(16)10-5-4-9(17-2)8-11(10)15/h4-5,8,15H,3,6-7H2,1-2H3,(H,14,16). The minimum absolute atomic E-state index is 0.0511. The Kier molecular flexibility index (Phi) is 2.96. The van der Waals surface area contributed by atoms with Crippen LogP contribution in [0.4, 0.5) is 0 Å². The molecule has 2 N–H and O–H groups in total. The fourth-order valence-corrected chi connectivity index (χ4v) is 2.00. The number of methoxy groups -OCH3 is 1. The monoisotopic (exact) mass is 235 g/mol. The van der Waals surface area contributed by atoms with Crippen molar-refractivity contribution in [3.8, 4) is 11.5 Å². The summed E-state index contributed by atoms with van der Waals surface area (Å²) in [6.45, 7) is 2.02. The molecule has 0 unspecified atom stereocenters. The molecule has 1 aliphatic carbocycles. The van der Waals surface area contributed by atoms with Crippen molar-refractivity contribution in [3.05, 3.63) is 23.8 Å². The van der Waals surface area contributed by atoms with Gasteiger partial charge in [0.05, 0.1) is 12.7 Å². The van der Waals surface area contributed by atoms with Crippen LogP contribution in [0.25, 0.3) is 0 Å². The van der Waals surface area contributed by atoms with Crippen molar-refractivity contribution in [1.29, 1.82) is 0 Å². The Morgan fingerprint density at radius 3 is 2.65 bits per heavy atom. The molecule has 1 amide bonds. The molecule has 0 saturated heterocycles. The van der Waals surface area contributed by atoms with Crippen molar-refractivity contribution in [3.63, 3.8) is 0 Å². The van der Waals surface area contributed by atoms with E-state index in [1.807, 2.05) is 6.92 Å². The molecule has 0 spiro atoms. The number of aromatic hydroxyl groups is 1. The molecule has 4 nitrogen and oxygen atoms in total. The number of rotatable bonds is 3. The number of benzene rings is 1. The fourth-order valence-electron chi connectivity index (χ4n) is 2.00. The molecular formula is C13H17NO3. The fraction of sp³-hybridized carbons (Fsp3) is 0.462. The van der Waals surface area contributed by atoms with E-state index in [1.165, 1.54) is 13.2 Å². The number of hydrogen-bond acceptors (Lipinski definition) is 3. The van der Waals surface area contributed by atoms with Crippen LogP contribution in [-0.4, -0.2) is 23.7 Å². The summed E-state index contributed by atoms with van der Waals surface area (Å²) in [5.41, 5.74) is 0.183. The number of phenolic OH excluding ortho intramolecular Hbond substituents is 1. The number of amides is 1. The average molecular weight is 235 g/mol. The van der Waals surface area contributed by atoms with Crippen LogP contribution in [0.2, 0.25) is 0 Å². The van der Waals surface area contributed by atoms with Crippen molar-refractivity contribution >= 4 is 5.91 Å². The first-order chi connectivity index (χ1) is 8.04. The van der Waals surface area contributed by atoms with Gasteiger partial charge in [-0.3, -0.25) is 4.79 Å². The van der Waals surface area contributed by atoms with Crippen LogP contribution in [-0.2, 0) is 0 Å². The van der Waals surface area contributed by atoms with Crippen molar-refractivity contribution in [2.45, 2.75) is 31.7 Å². The lowest BCUT2D eigenvalue weighted by Gasteiger charge is -2.39. The van der Waals surface area contributed by atoms with Crippen LogP contribution in [0, 0.1) is 0 Å². The predicted molar refractivity (Wildman–Crippen MR) is 64.4 cm³/mol. The summed E-state index contributed by atoms with van der Waals surface area (Å²) in [5, 5.41) is 12.7. The SMILES string of the molecule is COc1ccc(C(=O)NC2(C)CCC2)c(O)c1. The molecular weight excluding hydrogens is 218 g/mol. The Morgan fingerprint density at radius 2 is 2.18 bits per heavy atom. The summed E-state index contributed by atoms with van der Waals surface area (Å²) >= 11 is 0. The van der Waals surface area contributed by atoms with Gasteiger partial charge in [-0.15, -0.1) is 0 Å². The van der Waals surface area contributed by atoms with E-state index in [2.05, 4.69) is 5.32 Å². The second-order valence-electron chi connectivity index (χ2n) is 4.75. The minimum atomic E-state index is -0.229. The van der Waals surface area contributed by atoms with E-state index in [-0.39, 0.29) is 17.2 Å². The average Bonchev–Trinajstić information content (AvgIpc) is 2.26. The van der Waals surface area contributed by atoms with Gasteiger partial charge in [0.2, 0.25) is 0 Å². The maximum atomic E-state index is 12.0. The highest BCUT2D eigenvalue weighted by atomic mass is 16.5. The zero-order valence-corrected chi connectivity index (χ0v) is 10.1. The van der Waals surface area contributed by atoms with E-state index in [4.69, 9.17) is 4.74 Å². The maximum Gasteiger partial charge on any atom is 0.255 e. The van der Waals surface area contributed by atoms with Gasteiger partial charge in [0.1, 0.15) is 11.5 Å². The lowest BCUT2D eigenvalue weighted by atomic mass is 9.78. The highest BCUT2D eigenvalue weighted by molar-refractivity contribution is 5.97. The molecule has 0 heterocycles. The van der Waals surface area contributed by atoms with Crippen LogP contribution >= 0.6 is 0 Å². The molecule has 0 aromatic heterocycles. The summed E-state index contributed by atoms with van der Waals surface area (Å²) in [6, 6.07) is 4.68. The zero-order valence-electron chi connectivity index (χ0n) is 10.1. The number of nitrogens with one attached hydrogen (secondary N) is 1. The van der Waals surface area contributed by atoms with Gasteiger partial charge in [-0.25, -0.2) is 0 Å². The first-order valence-electron chi connectivity index (χ1n) is 5.74. The van der Waals surface area contributed by atoms with Crippen LogP contribution in [0.5, 0.6) is 11.5 Å². The Labute approximate surface area is 101 Å². The predicted octanol–water partition coefficient (Wildman–Crippen LogP) is 2.07. The van der Waals surface area contributed by atoms with Gasteiger partial charge < -0.3 is 15.2 Å². The second-order valence-corrected chi connectivity index (χ2v) is 4.75. The third-order valence-electron chi connectivity index (χ3n) is 3.32. The van der Waals surface area contributed by atoms with Crippen LogP contribution in [0.15, 0.2) is 18.2 Å². The quantitative estimate of drug-likeness (QED) is 0.843. The molecule has 1 saturated carbocycles. The normalized spacial score (nSPS) is 17.1. The Morgan fingerprint density at radius 1 is 1.47 bits per heavy atom. The van der Waals surface area contributed by atoms with E-state index in [0.29, 0.717) is 11.3 Å². The Bertz CT molecular complexity index is 438. The molecule has 0 aliphatic heterocycles. The smallest absolute Gasteiger partial charge is 0.255 e. The molecule has 92 valence electrons. The molecule has 1 aliphatic rings. The lowest BCUT2D eigenvalue weighted by molar-refractivity contribution is 0.0847. The minimum Gasteiger partial charge on any atom is -0.507 e. The summed E-state index contributed by atoms with van der Waals surface area (Å²) in [4.78, 5) is 12.0. The third kappa shape index (κ3) is 2.35. The molecule has 2 rings (SSSR count). The van der Waals surface area contributed by atoms with Gasteiger partial charge in [0.15, 0.2) is 0 Å². The number of hydrogen-bond donors (Lipinski definition) is 2. The van der Waals surface area contributed by atoms with Gasteiger partial charge in [0.25, 0.3) is 5.91 Å². The zero-order chi connectivity index (χ0) is 12.5. The third-order valence-corrected chi connectivity index (χ3v) is 3.32. The molecule has 0 bridgehead atoms. The van der Waals surface area contributed by atoms with E-state index < -0.39 is 0 Å². The van der Waals surface area contributed by atoms with Crippen molar-refractivity contribution in [2.24, 2.45) is 0 Å². The first-order valence-corrected chi connectivity index (χ1v) is 5.74. The number of carbonyl (C=O) groups is 1. The largest absolute Gasteiger partial charge is 0.507 e. The molecule has 1 aromatic carbocycles. The van der Waals surface area contributed by atoms with Crippen molar-refractivity contribution in [2.75, 3.05) is 7.11 Å². The molecule has 0 radical (unpaired) electrons. The Balaban J connectivity index is 2.13. The highest BCUT2D eigenvalue weighted by Gasteiger charge is 2.33. The summed E-state index contributed by atoms with van der Waals surface area (Å²) in [6.07, 6.45) is 3.14. The molecule has 17 heavy (non-hydrogen) atoms. The number of carbonyl (C=O) groups excluding carboxylic acids is 1. The van der Waals surface area contributed by atoms with Crippen molar-refractivity contribution in [1.82, 2.24) is 5.32 Å². The van der Waals surface area contributed by atoms with E-state index >= 15 is 0 Å². The summed E-state index contributed by atoms with van der Waals surface area (Å²) in [7, 11) is 1.52. The van der Waals surface area contributed by atoms with Gasteiger partial charge in [-0.05, 0) is 38.3 Å². The van der Waals surface area contributed by atoms with Gasteiger partial charge in [0, 0.05) is 11.6 Å².